The van der Waals surface area contributed by atoms with Gasteiger partial charge in [-0.05, 0) is 13.0 Å². The van der Waals surface area contributed by atoms with Crippen LogP contribution in [0.2, 0.25) is 0 Å². The van der Waals surface area contributed by atoms with Gasteiger partial charge in [0, 0.05) is 17.7 Å². The van der Waals surface area contributed by atoms with Crippen molar-refractivity contribution >= 4 is 33.5 Å². The molecular weight excluding hydrogens is 384 g/mol. The fourth-order valence-electron chi connectivity index (χ4n) is 3.52. The molecule has 1 aliphatic heterocycles. The highest BCUT2D eigenvalue weighted by atomic mass is 32.1. The number of aryl methyl sites for hydroxylation is 1. The molecule has 3 heterocycles. The average molecular weight is 400 g/mol. The maximum atomic E-state index is 13.1. The zero-order valence-electron chi connectivity index (χ0n) is 15.6. The van der Waals surface area contributed by atoms with Gasteiger partial charge in [-0.2, -0.15) is 9.50 Å². The first-order chi connectivity index (χ1) is 14.1. The Labute approximate surface area is 170 Å². The fraction of sp³-hybridized carbons (Fsp3) is 0.0909. The van der Waals surface area contributed by atoms with Crippen molar-refractivity contribution in [3.63, 3.8) is 0 Å². The molecule has 0 aliphatic carbocycles. The normalized spacial score (nSPS) is 15.2. The van der Waals surface area contributed by atoms with Crippen LogP contribution in [0, 0.1) is 6.92 Å². The second-order valence-electron chi connectivity index (χ2n) is 6.83. The van der Waals surface area contributed by atoms with E-state index in [1.165, 1.54) is 15.9 Å². The van der Waals surface area contributed by atoms with Gasteiger partial charge in [-0.1, -0.05) is 65.4 Å². The molecule has 6 nitrogen and oxygen atoms in total. The molecule has 1 aliphatic rings. The molecule has 1 amide bonds. The van der Waals surface area contributed by atoms with Crippen LogP contribution in [0.15, 0.2) is 66.0 Å². The monoisotopic (exact) mass is 400 g/mol. The zero-order chi connectivity index (χ0) is 20.1. The molecule has 142 valence electrons. The van der Waals surface area contributed by atoms with Gasteiger partial charge >= 0.3 is 0 Å². The number of anilines is 1. The lowest BCUT2D eigenvalue weighted by Crippen LogP contribution is -2.32. The Morgan fingerprint density at radius 1 is 1.10 bits per heavy atom. The summed E-state index contributed by atoms with van der Waals surface area (Å²) < 4.78 is 1.65. The van der Waals surface area contributed by atoms with Crippen molar-refractivity contribution in [3.8, 4) is 11.4 Å². The molecule has 5 rings (SSSR count). The number of thiazole rings is 1. The zero-order valence-corrected chi connectivity index (χ0v) is 16.4. The topological polar surface area (TPSA) is 67.6 Å². The first-order valence-electron chi connectivity index (χ1n) is 9.11. The Balaban J connectivity index is 1.72. The Kier molecular flexibility index (Phi) is 3.92. The summed E-state index contributed by atoms with van der Waals surface area (Å²) in [6, 6.07) is 15.3. The first kappa shape index (κ1) is 17.5. The molecule has 0 N–H and O–H groups in total. The van der Waals surface area contributed by atoms with Crippen LogP contribution in [0.25, 0.3) is 21.9 Å². The van der Waals surface area contributed by atoms with Crippen LogP contribution in [-0.4, -0.2) is 27.0 Å². The third kappa shape index (κ3) is 2.62. The van der Waals surface area contributed by atoms with Crippen LogP contribution in [0.3, 0.4) is 0 Å². The van der Waals surface area contributed by atoms with E-state index in [1.807, 2.05) is 55.5 Å². The Bertz CT molecular complexity index is 1400. The van der Waals surface area contributed by atoms with E-state index >= 15 is 0 Å². The van der Waals surface area contributed by atoms with Crippen molar-refractivity contribution in [1.82, 2.24) is 14.6 Å². The number of hydrogen-bond acceptors (Lipinski definition) is 5. The van der Waals surface area contributed by atoms with Gasteiger partial charge in [-0.25, -0.2) is 0 Å². The van der Waals surface area contributed by atoms with Crippen LogP contribution in [0.4, 0.5) is 5.69 Å². The van der Waals surface area contributed by atoms with Crippen molar-refractivity contribution in [2.75, 3.05) is 11.4 Å². The quantitative estimate of drug-likeness (QED) is 0.496. The summed E-state index contributed by atoms with van der Waals surface area (Å²) in [7, 11) is 0. The molecule has 7 heteroatoms. The van der Waals surface area contributed by atoms with Gasteiger partial charge in [0.15, 0.2) is 5.82 Å². The van der Waals surface area contributed by atoms with Gasteiger partial charge in [-0.3, -0.25) is 9.59 Å². The van der Waals surface area contributed by atoms with Gasteiger partial charge < -0.3 is 4.90 Å². The van der Waals surface area contributed by atoms with Gasteiger partial charge in [0.1, 0.15) is 4.53 Å². The molecule has 0 radical (unpaired) electrons. The van der Waals surface area contributed by atoms with Crippen LogP contribution in [0.1, 0.15) is 11.1 Å². The van der Waals surface area contributed by atoms with E-state index in [4.69, 9.17) is 0 Å². The van der Waals surface area contributed by atoms with Crippen LogP contribution in [0.5, 0.6) is 0 Å². The third-order valence-corrected chi connectivity index (χ3v) is 5.96. The molecule has 2 aromatic heterocycles. The maximum Gasteiger partial charge on any atom is 0.291 e. The SMILES string of the molecule is C=CCN1C(=O)C(=c2sc3nc(-c4ccc(C)cc4)nn3c2=O)c2ccccc21. The highest BCUT2D eigenvalue weighted by Gasteiger charge is 2.33. The number of nitrogens with zero attached hydrogens (tertiary/aromatic N) is 4. The van der Waals surface area contributed by atoms with Crippen molar-refractivity contribution < 1.29 is 4.79 Å². The summed E-state index contributed by atoms with van der Waals surface area (Å²) in [4.78, 5) is 32.8. The molecule has 4 aromatic rings. The molecule has 29 heavy (non-hydrogen) atoms. The lowest BCUT2D eigenvalue weighted by atomic mass is 10.1. The van der Waals surface area contributed by atoms with Gasteiger partial charge in [0.2, 0.25) is 4.96 Å². The van der Waals surface area contributed by atoms with Crippen molar-refractivity contribution in [3.05, 3.63) is 87.2 Å². The number of hydrogen-bond donors (Lipinski definition) is 0. The number of benzene rings is 2. The highest BCUT2D eigenvalue weighted by molar-refractivity contribution is 7.15. The van der Waals surface area contributed by atoms with E-state index in [0.717, 1.165) is 22.4 Å². The number of carbonyl (C=O) groups is 1. The minimum atomic E-state index is -0.325. The fourth-order valence-corrected chi connectivity index (χ4v) is 4.52. The smallest absolute Gasteiger partial charge is 0.291 e. The maximum absolute atomic E-state index is 13.1. The van der Waals surface area contributed by atoms with Gasteiger partial charge in [0.25, 0.3) is 11.5 Å². The van der Waals surface area contributed by atoms with Crippen LogP contribution >= 0.6 is 11.3 Å². The Morgan fingerprint density at radius 2 is 1.86 bits per heavy atom. The predicted molar refractivity (Wildman–Crippen MR) is 114 cm³/mol. The van der Waals surface area contributed by atoms with Gasteiger partial charge in [-0.15, -0.1) is 11.7 Å². The molecule has 0 saturated carbocycles. The second kappa shape index (κ2) is 6.49. The standard InChI is InChI=1S/C22H16N4O2S/c1-3-12-25-16-7-5-4-6-15(16)17(20(25)27)18-21(28)26-22(29-18)23-19(24-26)14-10-8-13(2)9-11-14/h3-11H,1,12H2,2H3. The molecular formula is C22H16N4O2S. The average Bonchev–Trinajstić information content (AvgIpc) is 3.35. The minimum absolute atomic E-state index is 0.202. The summed E-state index contributed by atoms with van der Waals surface area (Å²) in [5.41, 5.74) is 3.60. The number of aromatic nitrogens is 3. The first-order valence-corrected chi connectivity index (χ1v) is 9.93. The highest BCUT2D eigenvalue weighted by Crippen LogP contribution is 2.35. The van der Waals surface area contributed by atoms with Crippen LogP contribution in [-0.2, 0) is 4.79 Å². The summed E-state index contributed by atoms with van der Waals surface area (Å²) >= 11 is 1.19. The summed E-state index contributed by atoms with van der Waals surface area (Å²) in [6.45, 7) is 6.12. The molecule has 2 aromatic carbocycles. The number of para-hydroxylation sites is 1. The lowest BCUT2D eigenvalue weighted by Gasteiger charge is -2.13. The molecule has 0 fully saturated rings. The molecule has 0 saturated heterocycles. The number of amides is 1. The van der Waals surface area contributed by atoms with Crippen molar-refractivity contribution in [2.24, 2.45) is 0 Å². The number of carbonyl (C=O) groups excluding carboxylic acids is 1. The van der Waals surface area contributed by atoms with E-state index in [0.29, 0.717) is 27.4 Å². The van der Waals surface area contributed by atoms with E-state index < -0.39 is 0 Å². The van der Waals surface area contributed by atoms with Crippen molar-refractivity contribution in [2.45, 2.75) is 6.92 Å². The summed E-state index contributed by atoms with van der Waals surface area (Å²) in [5, 5.41) is 4.39. The summed E-state index contributed by atoms with van der Waals surface area (Å²) in [5.74, 6) is 0.294. The molecule has 0 atom stereocenters. The van der Waals surface area contributed by atoms with E-state index in [2.05, 4.69) is 16.7 Å². The largest absolute Gasteiger partial charge is 0.304 e. The van der Waals surface area contributed by atoms with Gasteiger partial charge in [0.05, 0.1) is 11.3 Å². The third-order valence-electron chi connectivity index (χ3n) is 4.93. The predicted octanol–water partition coefficient (Wildman–Crippen LogP) is 2.58. The Hall–Kier alpha value is -3.58. The summed E-state index contributed by atoms with van der Waals surface area (Å²) in [6.07, 6.45) is 1.67. The second-order valence-corrected chi connectivity index (χ2v) is 7.81. The van der Waals surface area contributed by atoms with Crippen LogP contribution < -0.4 is 15.0 Å². The number of rotatable bonds is 3. The van der Waals surface area contributed by atoms with Crippen molar-refractivity contribution in [1.29, 1.82) is 0 Å². The molecule has 0 unspecified atom stereocenters. The lowest BCUT2D eigenvalue weighted by molar-refractivity contribution is -0.112. The molecule has 0 spiro atoms. The number of fused-ring (bicyclic) bond motifs is 2. The molecule has 0 bridgehead atoms. The minimum Gasteiger partial charge on any atom is -0.304 e. The Morgan fingerprint density at radius 3 is 2.59 bits per heavy atom. The van der Waals surface area contributed by atoms with E-state index in [-0.39, 0.29) is 11.5 Å². The van der Waals surface area contributed by atoms with E-state index in [9.17, 15) is 9.59 Å². The van der Waals surface area contributed by atoms with E-state index in [1.54, 1.807) is 11.0 Å².